The van der Waals surface area contributed by atoms with Crippen LogP contribution in [-0.4, -0.2) is 29.2 Å². The van der Waals surface area contributed by atoms with Crippen LogP contribution in [0.25, 0.3) is 16.9 Å². The van der Waals surface area contributed by atoms with Crippen LogP contribution in [-0.2, 0) is 0 Å². The number of hydrogen-bond acceptors (Lipinski definition) is 4. The molecule has 3 aromatic rings. The average Bonchev–Trinajstić information content (AvgIpc) is 3.06. The van der Waals surface area contributed by atoms with E-state index in [2.05, 4.69) is 10.3 Å². The molecule has 0 aliphatic carbocycles. The number of aromatic nitrogens is 3. The molecule has 0 aliphatic heterocycles. The molecule has 7 heteroatoms. The smallest absolute Gasteiger partial charge is 0.184 e. The third kappa shape index (κ3) is 2.73. The number of benzene rings is 2. The van der Waals surface area contributed by atoms with E-state index in [4.69, 9.17) is 9.47 Å². The number of methoxy groups -OCH3 is 2. The highest BCUT2D eigenvalue weighted by Crippen LogP contribution is 2.31. The second-order valence-corrected chi connectivity index (χ2v) is 4.69. The summed E-state index contributed by atoms with van der Waals surface area (Å²) in [5, 5.41) is 7.84. The molecule has 0 saturated carbocycles. The predicted molar refractivity (Wildman–Crippen MR) is 79.8 cm³/mol. The Bertz CT molecular complexity index is 849. The van der Waals surface area contributed by atoms with Gasteiger partial charge in [0.1, 0.15) is 11.4 Å². The van der Waals surface area contributed by atoms with Crippen LogP contribution in [0.15, 0.2) is 42.6 Å². The van der Waals surface area contributed by atoms with Gasteiger partial charge in [0, 0.05) is 5.56 Å². The summed E-state index contributed by atoms with van der Waals surface area (Å²) in [6.07, 6.45) is 1.51. The molecule has 5 nitrogen and oxygen atoms in total. The summed E-state index contributed by atoms with van der Waals surface area (Å²) in [5.74, 6) is -0.793. The van der Waals surface area contributed by atoms with Crippen LogP contribution >= 0.6 is 0 Å². The topological polar surface area (TPSA) is 49.2 Å². The largest absolute Gasteiger partial charge is 0.493 e. The molecule has 0 atom stereocenters. The maximum absolute atomic E-state index is 13.8. The molecule has 0 saturated heterocycles. The summed E-state index contributed by atoms with van der Waals surface area (Å²) >= 11 is 0. The van der Waals surface area contributed by atoms with Gasteiger partial charge in [-0.2, -0.15) is 0 Å². The fourth-order valence-electron chi connectivity index (χ4n) is 2.18. The van der Waals surface area contributed by atoms with E-state index >= 15 is 0 Å². The molecular weight excluding hydrogens is 304 g/mol. The zero-order chi connectivity index (χ0) is 16.4. The monoisotopic (exact) mass is 317 g/mol. The van der Waals surface area contributed by atoms with E-state index in [1.807, 2.05) is 0 Å². The molecule has 0 spiro atoms. The van der Waals surface area contributed by atoms with E-state index in [9.17, 15) is 8.78 Å². The van der Waals surface area contributed by atoms with Crippen molar-refractivity contribution in [1.29, 1.82) is 0 Å². The number of rotatable bonds is 4. The quantitative estimate of drug-likeness (QED) is 0.741. The van der Waals surface area contributed by atoms with E-state index in [1.54, 1.807) is 25.3 Å². The first kappa shape index (κ1) is 15.0. The summed E-state index contributed by atoms with van der Waals surface area (Å²) in [6, 6.07) is 9.12. The SMILES string of the molecule is COc1ccc(-c2cn(-c3cccc(F)c3F)nn2)cc1OC. The molecule has 1 heterocycles. The van der Waals surface area contributed by atoms with Gasteiger partial charge in [-0.15, -0.1) is 5.10 Å². The van der Waals surface area contributed by atoms with Crippen LogP contribution in [0.2, 0.25) is 0 Å². The van der Waals surface area contributed by atoms with Gasteiger partial charge in [-0.25, -0.2) is 13.5 Å². The van der Waals surface area contributed by atoms with Gasteiger partial charge in [0.15, 0.2) is 23.1 Å². The van der Waals surface area contributed by atoms with Crippen LogP contribution in [0, 0.1) is 11.6 Å². The van der Waals surface area contributed by atoms with Gasteiger partial charge in [-0.1, -0.05) is 11.3 Å². The van der Waals surface area contributed by atoms with E-state index < -0.39 is 11.6 Å². The summed E-state index contributed by atoms with van der Waals surface area (Å²) in [7, 11) is 3.07. The Labute approximate surface area is 131 Å². The molecule has 0 bridgehead atoms. The second-order valence-electron chi connectivity index (χ2n) is 4.69. The van der Waals surface area contributed by atoms with Crippen LogP contribution in [0.1, 0.15) is 0 Å². The molecule has 118 valence electrons. The second kappa shape index (κ2) is 6.04. The maximum atomic E-state index is 13.8. The Hall–Kier alpha value is -2.96. The van der Waals surface area contributed by atoms with Gasteiger partial charge in [0.2, 0.25) is 0 Å². The van der Waals surface area contributed by atoms with Crippen molar-refractivity contribution >= 4 is 0 Å². The van der Waals surface area contributed by atoms with E-state index in [1.165, 1.54) is 30.1 Å². The first-order chi connectivity index (χ1) is 11.1. The summed E-state index contributed by atoms with van der Waals surface area (Å²) in [4.78, 5) is 0. The fourth-order valence-corrected chi connectivity index (χ4v) is 2.18. The Morgan fingerprint density at radius 3 is 2.52 bits per heavy atom. The minimum absolute atomic E-state index is 0.00998. The lowest BCUT2D eigenvalue weighted by molar-refractivity contribution is 0.355. The Kier molecular flexibility index (Phi) is 3.92. The molecule has 23 heavy (non-hydrogen) atoms. The normalized spacial score (nSPS) is 10.6. The lowest BCUT2D eigenvalue weighted by Gasteiger charge is -2.08. The lowest BCUT2D eigenvalue weighted by atomic mass is 10.1. The van der Waals surface area contributed by atoms with E-state index in [-0.39, 0.29) is 5.69 Å². The van der Waals surface area contributed by atoms with Crippen molar-refractivity contribution in [2.75, 3.05) is 14.2 Å². The summed E-state index contributed by atoms with van der Waals surface area (Å²) in [6.45, 7) is 0. The van der Waals surface area contributed by atoms with E-state index in [0.717, 1.165) is 6.07 Å². The van der Waals surface area contributed by atoms with Gasteiger partial charge in [0.25, 0.3) is 0 Å². The Balaban J connectivity index is 2.01. The Morgan fingerprint density at radius 2 is 1.78 bits per heavy atom. The molecule has 2 aromatic carbocycles. The zero-order valence-corrected chi connectivity index (χ0v) is 12.5. The van der Waals surface area contributed by atoms with Crippen molar-refractivity contribution in [2.45, 2.75) is 0 Å². The molecule has 0 aliphatic rings. The molecule has 1 aromatic heterocycles. The first-order valence-electron chi connectivity index (χ1n) is 6.73. The molecule has 0 N–H and O–H groups in total. The van der Waals surface area contributed by atoms with Gasteiger partial charge in [-0.05, 0) is 30.3 Å². The van der Waals surface area contributed by atoms with Crippen molar-refractivity contribution in [2.24, 2.45) is 0 Å². The van der Waals surface area contributed by atoms with Gasteiger partial charge in [-0.3, -0.25) is 0 Å². The van der Waals surface area contributed by atoms with Crippen molar-refractivity contribution in [3.05, 3.63) is 54.2 Å². The molecule has 0 radical (unpaired) electrons. The minimum atomic E-state index is -0.976. The highest BCUT2D eigenvalue weighted by Gasteiger charge is 2.13. The predicted octanol–water partition coefficient (Wildman–Crippen LogP) is 3.23. The molecule has 3 rings (SSSR count). The number of hydrogen-bond donors (Lipinski definition) is 0. The minimum Gasteiger partial charge on any atom is -0.493 e. The van der Waals surface area contributed by atoms with Gasteiger partial charge < -0.3 is 9.47 Å². The van der Waals surface area contributed by atoms with Crippen molar-refractivity contribution < 1.29 is 18.3 Å². The van der Waals surface area contributed by atoms with Crippen LogP contribution in [0.4, 0.5) is 8.78 Å². The summed E-state index contributed by atoms with van der Waals surface area (Å²) in [5.41, 5.74) is 1.20. The van der Waals surface area contributed by atoms with Crippen LogP contribution in [0.3, 0.4) is 0 Å². The van der Waals surface area contributed by atoms with Crippen molar-refractivity contribution in [3.63, 3.8) is 0 Å². The number of halogens is 2. The molecular formula is C16H13F2N3O2. The zero-order valence-electron chi connectivity index (χ0n) is 12.5. The average molecular weight is 317 g/mol. The third-order valence-electron chi connectivity index (χ3n) is 3.35. The van der Waals surface area contributed by atoms with Gasteiger partial charge in [0.05, 0.1) is 20.4 Å². The Morgan fingerprint density at radius 1 is 1.00 bits per heavy atom. The highest BCUT2D eigenvalue weighted by atomic mass is 19.2. The van der Waals surface area contributed by atoms with Crippen LogP contribution in [0.5, 0.6) is 11.5 Å². The van der Waals surface area contributed by atoms with Crippen LogP contribution < -0.4 is 9.47 Å². The molecule has 0 fully saturated rings. The van der Waals surface area contributed by atoms with Crippen molar-refractivity contribution in [1.82, 2.24) is 15.0 Å². The maximum Gasteiger partial charge on any atom is 0.184 e. The fraction of sp³-hybridized carbons (Fsp3) is 0.125. The lowest BCUT2D eigenvalue weighted by Crippen LogP contribution is -2.00. The van der Waals surface area contributed by atoms with E-state index in [0.29, 0.717) is 22.8 Å². The molecule has 0 unspecified atom stereocenters. The van der Waals surface area contributed by atoms with Gasteiger partial charge >= 0.3 is 0 Å². The standard InChI is InChI=1S/C16H13F2N3O2/c1-22-14-7-6-10(8-15(14)23-2)12-9-21(20-19-12)13-5-3-4-11(17)16(13)18/h3-9H,1-2H3. The number of ether oxygens (including phenoxy) is 2. The first-order valence-corrected chi connectivity index (χ1v) is 6.73. The molecule has 0 amide bonds. The van der Waals surface area contributed by atoms with Crippen molar-refractivity contribution in [3.8, 4) is 28.4 Å². The third-order valence-corrected chi connectivity index (χ3v) is 3.35. The highest BCUT2D eigenvalue weighted by molar-refractivity contribution is 5.63. The summed E-state index contributed by atoms with van der Waals surface area (Å²) < 4.78 is 38.7. The number of nitrogens with zero attached hydrogens (tertiary/aromatic N) is 3.